The van der Waals surface area contributed by atoms with Crippen LogP contribution >= 0.6 is 0 Å². The summed E-state index contributed by atoms with van der Waals surface area (Å²) in [7, 11) is -3.70. The van der Waals surface area contributed by atoms with E-state index in [0.717, 1.165) is 12.8 Å². The van der Waals surface area contributed by atoms with Gasteiger partial charge in [-0.3, -0.25) is 9.59 Å². The molecule has 0 spiro atoms. The maximum atomic E-state index is 13.2. The van der Waals surface area contributed by atoms with Crippen molar-refractivity contribution < 1.29 is 13.2 Å². The Balaban J connectivity index is 1.71. The summed E-state index contributed by atoms with van der Waals surface area (Å²) in [4.78, 5) is 26.3. The van der Waals surface area contributed by atoms with Crippen LogP contribution in [0, 0.1) is 0 Å². The first-order valence-corrected chi connectivity index (χ1v) is 12.4. The van der Waals surface area contributed by atoms with E-state index in [0.29, 0.717) is 28.7 Å². The zero-order chi connectivity index (χ0) is 24.1. The van der Waals surface area contributed by atoms with Crippen molar-refractivity contribution in [3.8, 4) is 5.69 Å². The maximum Gasteiger partial charge on any atom is 0.279 e. The van der Waals surface area contributed by atoms with Gasteiger partial charge in [0, 0.05) is 17.6 Å². The number of hydrogen-bond donors (Lipinski definition) is 2. The fourth-order valence-corrected chi connectivity index (χ4v) is 4.62. The summed E-state index contributed by atoms with van der Waals surface area (Å²) in [6.45, 7) is 2.31. The van der Waals surface area contributed by atoms with E-state index in [-0.39, 0.29) is 16.1 Å². The van der Waals surface area contributed by atoms with Crippen molar-refractivity contribution in [2.45, 2.75) is 24.7 Å². The lowest BCUT2D eigenvalue weighted by Crippen LogP contribution is -2.27. The molecule has 0 radical (unpaired) electrons. The topological polar surface area (TPSA) is 110 Å². The predicted octanol–water partition coefficient (Wildman–Crippen LogP) is 3.72. The summed E-state index contributed by atoms with van der Waals surface area (Å²) < 4.78 is 28.9. The van der Waals surface area contributed by atoms with E-state index < -0.39 is 15.9 Å². The van der Waals surface area contributed by atoms with Crippen molar-refractivity contribution in [1.29, 1.82) is 0 Å². The van der Waals surface area contributed by atoms with Gasteiger partial charge in [0.15, 0.2) is 5.69 Å². The van der Waals surface area contributed by atoms with E-state index >= 15 is 0 Å². The third-order valence-electron chi connectivity index (χ3n) is 5.25. The Kier molecular flexibility index (Phi) is 6.85. The molecule has 2 N–H and O–H groups in total. The van der Waals surface area contributed by atoms with Gasteiger partial charge in [0.2, 0.25) is 10.0 Å². The van der Waals surface area contributed by atoms with Crippen LogP contribution in [0.25, 0.3) is 16.5 Å². The minimum Gasteiger partial charge on any atom is -0.321 e. The summed E-state index contributed by atoms with van der Waals surface area (Å²) in [5.41, 5.74) is 0.531. The van der Waals surface area contributed by atoms with Crippen LogP contribution in [0.2, 0.25) is 0 Å². The maximum absolute atomic E-state index is 13.2. The van der Waals surface area contributed by atoms with Crippen molar-refractivity contribution in [3.05, 3.63) is 94.9 Å². The summed E-state index contributed by atoms with van der Waals surface area (Å²) in [6.07, 6.45) is 1.59. The number of anilines is 1. The molecular formula is C25H24N4O4S. The molecule has 0 fully saturated rings. The molecule has 34 heavy (non-hydrogen) atoms. The first-order valence-electron chi connectivity index (χ1n) is 10.9. The Morgan fingerprint density at radius 2 is 1.65 bits per heavy atom. The highest BCUT2D eigenvalue weighted by atomic mass is 32.2. The molecule has 4 rings (SSSR count). The Bertz CT molecular complexity index is 1500. The van der Waals surface area contributed by atoms with Crippen molar-refractivity contribution in [2.75, 3.05) is 11.9 Å². The van der Waals surface area contributed by atoms with Crippen molar-refractivity contribution >= 4 is 32.4 Å². The zero-order valence-electron chi connectivity index (χ0n) is 18.6. The number of unbranched alkanes of at least 4 members (excludes halogenated alkanes) is 1. The first-order chi connectivity index (χ1) is 16.4. The Morgan fingerprint density at radius 1 is 0.941 bits per heavy atom. The average molecular weight is 477 g/mol. The molecule has 3 aromatic carbocycles. The monoisotopic (exact) mass is 476 g/mol. The van der Waals surface area contributed by atoms with Crippen LogP contribution in [0.1, 0.15) is 30.3 Å². The van der Waals surface area contributed by atoms with E-state index in [9.17, 15) is 18.0 Å². The molecule has 0 atom stereocenters. The van der Waals surface area contributed by atoms with Crippen LogP contribution in [0.5, 0.6) is 0 Å². The molecule has 0 unspecified atom stereocenters. The number of rotatable bonds is 8. The number of aromatic nitrogens is 2. The average Bonchev–Trinajstić information content (AvgIpc) is 2.85. The van der Waals surface area contributed by atoms with Crippen LogP contribution in [-0.2, 0) is 10.0 Å². The molecule has 0 aliphatic carbocycles. The van der Waals surface area contributed by atoms with Gasteiger partial charge in [-0.15, -0.1) is 0 Å². The molecule has 1 aromatic heterocycles. The van der Waals surface area contributed by atoms with E-state index in [1.807, 2.05) is 13.0 Å². The second-order valence-electron chi connectivity index (χ2n) is 7.68. The lowest BCUT2D eigenvalue weighted by Gasteiger charge is -2.12. The molecule has 174 valence electrons. The number of carbonyl (C=O) groups excluding carboxylic acids is 1. The molecule has 4 aromatic rings. The van der Waals surface area contributed by atoms with Crippen molar-refractivity contribution in [3.63, 3.8) is 0 Å². The number of nitrogens with one attached hydrogen (secondary N) is 2. The van der Waals surface area contributed by atoms with Gasteiger partial charge in [0.05, 0.1) is 16.0 Å². The highest BCUT2D eigenvalue weighted by molar-refractivity contribution is 7.89. The molecule has 0 saturated heterocycles. The van der Waals surface area contributed by atoms with E-state index in [4.69, 9.17) is 0 Å². The Morgan fingerprint density at radius 3 is 2.38 bits per heavy atom. The van der Waals surface area contributed by atoms with Gasteiger partial charge in [0.25, 0.3) is 11.5 Å². The van der Waals surface area contributed by atoms with Crippen molar-refractivity contribution in [1.82, 2.24) is 14.5 Å². The smallest absolute Gasteiger partial charge is 0.279 e. The van der Waals surface area contributed by atoms with Crippen LogP contribution in [0.3, 0.4) is 0 Å². The van der Waals surface area contributed by atoms with Gasteiger partial charge in [-0.2, -0.15) is 9.78 Å². The number of para-hydroxylation sites is 1. The van der Waals surface area contributed by atoms with Gasteiger partial charge in [-0.05, 0) is 42.8 Å². The zero-order valence-corrected chi connectivity index (χ0v) is 19.4. The molecule has 1 amide bonds. The number of fused-ring (bicyclic) bond motifs is 1. The van der Waals surface area contributed by atoms with Crippen molar-refractivity contribution in [2.24, 2.45) is 0 Å². The van der Waals surface area contributed by atoms with Crippen LogP contribution in [0.4, 0.5) is 5.69 Å². The second-order valence-corrected chi connectivity index (χ2v) is 9.45. The van der Waals surface area contributed by atoms with E-state index in [1.54, 1.807) is 60.7 Å². The molecule has 0 aliphatic heterocycles. The van der Waals surface area contributed by atoms with Gasteiger partial charge >= 0.3 is 0 Å². The van der Waals surface area contributed by atoms with Crippen LogP contribution in [0.15, 0.2) is 88.6 Å². The SMILES string of the molecule is CCCCNS(=O)(=O)c1cccc(NC(=O)c2nn(-c3ccccc3)c(=O)c3ccccc23)c1. The van der Waals surface area contributed by atoms with Gasteiger partial charge < -0.3 is 5.32 Å². The number of carbonyl (C=O) groups is 1. The normalized spacial score (nSPS) is 11.4. The number of hydrogen-bond acceptors (Lipinski definition) is 5. The van der Waals surface area contributed by atoms with Gasteiger partial charge in [-0.1, -0.05) is 55.8 Å². The van der Waals surface area contributed by atoms with Crippen LogP contribution < -0.4 is 15.6 Å². The minimum absolute atomic E-state index is 0.0494. The molecule has 0 bridgehead atoms. The van der Waals surface area contributed by atoms with E-state index in [2.05, 4.69) is 15.1 Å². The first kappa shape index (κ1) is 23.3. The Hall–Kier alpha value is -3.82. The summed E-state index contributed by atoms with van der Waals surface area (Å²) in [6, 6.07) is 21.6. The third-order valence-corrected chi connectivity index (χ3v) is 6.70. The number of nitrogens with zero attached hydrogens (tertiary/aromatic N) is 2. The minimum atomic E-state index is -3.70. The highest BCUT2D eigenvalue weighted by Crippen LogP contribution is 2.19. The molecule has 1 heterocycles. The molecular weight excluding hydrogens is 452 g/mol. The lowest BCUT2D eigenvalue weighted by molar-refractivity contribution is 0.102. The lowest BCUT2D eigenvalue weighted by atomic mass is 10.1. The Labute approximate surface area is 197 Å². The molecule has 0 aliphatic rings. The summed E-state index contributed by atoms with van der Waals surface area (Å²) in [5.74, 6) is -0.561. The molecule has 9 heteroatoms. The molecule has 0 saturated carbocycles. The second kappa shape index (κ2) is 9.98. The van der Waals surface area contributed by atoms with Gasteiger partial charge in [0.1, 0.15) is 0 Å². The summed E-state index contributed by atoms with van der Waals surface area (Å²) >= 11 is 0. The summed E-state index contributed by atoms with van der Waals surface area (Å²) in [5, 5.41) is 7.82. The highest BCUT2D eigenvalue weighted by Gasteiger charge is 2.19. The number of sulfonamides is 1. The number of amides is 1. The predicted molar refractivity (Wildman–Crippen MR) is 132 cm³/mol. The number of benzene rings is 3. The van der Waals surface area contributed by atoms with E-state index in [1.165, 1.54) is 16.8 Å². The largest absolute Gasteiger partial charge is 0.321 e. The fourth-order valence-electron chi connectivity index (χ4n) is 3.50. The standard InChI is InChI=1S/C25H24N4O4S/c1-2-3-16-26-34(32,33)20-13-9-10-18(17-20)27-24(30)23-21-14-7-8-15-22(21)25(31)29(28-23)19-11-5-4-6-12-19/h4-15,17,26H,2-3,16H2,1H3,(H,27,30). The third kappa shape index (κ3) is 4.90. The molecule has 8 nitrogen and oxygen atoms in total. The fraction of sp³-hybridized carbons (Fsp3) is 0.160. The van der Waals surface area contributed by atoms with Crippen LogP contribution in [-0.4, -0.2) is 30.7 Å². The van der Waals surface area contributed by atoms with Gasteiger partial charge in [-0.25, -0.2) is 13.1 Å². The quantitative estimate of drug-likeness (QED) is 0.377.